The van der Waals surface area contributed by atoms with Crippen LogP contribution in [0.15, 0.2) is 28.7 Å². The number of halogens is 1. The molecule has 1 aliphatic heterocycles. The van der Waals surface area contributed by atoms with Gasteiger partial charge in [-0.15, -0.1) is 0 Å². The molecule has 1 heterocycles. The summed E-state index contributed by atoms with van der Waals surface area (Å²) in [6, 6.07) is 8.21. The number of piperidine rings is 1. The molecule has 3 nitrogen and oxygen atoms in total. The molecule has 3 rings (SSSR count). The monoisotopic (exact) mass is 364 g/mol. The summed E-state index contributed by atoms with van der Waals surface area (Å²) in [5.41, 5.74) is 0.917. The number of hydrogen-bond donors (Lipinski definition) is 1. The number of nitrogens with zero attached hydrogens (tertiary/aromatic N) is 1. The summed E-state index contributed by atoms with van der Waals surface area (Å²) in [5.74, 6) is 1.00. The second-order valence-electron chi connectivity index (χ2n) is 6.88. The molecule has 22 heavy (non-hydrogen) atoms. The number of carbonyl (C=O) groups excluding carboxylic acids is 1. The number of amides is 1. The van der Waals surface area contributed by atoms with E-state index in [9.17, 15) is 4.79 Å². The third-order valence-electron chi connectivity index (χ3n) is 5.26. The molecule has 1 saturated heterocycles. The maximum atomic E-state index is 12.6. The Morgan fingerprint density at radius 1 is 1.27 bits per heavy atom. The molecule has 1 N–H and O–H groups in total. The van der Waals surface area contributed by atoms with Crippen molar-refractivity contribution in [3.63, 3.8) is 0 Å². The van der Waals surface area contributed by atoms with Crippen molar-refractivity contribution >= 4 is 21.8 Å². The third kappa shape index (κ3) is 3.54. The normalized spacial score (nSPS) is 21.5. The summed E-state index contributed by atoms with van der Waals surface area (Å²) < 4.78 is 1.06. The molecule has 0 radical (unpaired) electrons. The molecule has 1 aromatic rings. The van der Waals surface area contributed by atoms with Gasteiger partial charge in [-0.05, 0) is 75.9 Å². The van der Waals surface area contributed by atoms with Crippen molar-refractivity contribution in [3.05, 3.63) is 34.3 Å². The molecule has 1 saturated carbocycles. The maximum Gasteiger partial charge on any atom is 0.230 e. The lowest BCUT2D eigenvalue weighted by atomic mass is 9.93. The topological polar surface area (TPSA) is 32.3 Å². The van der Waals surface area contributed by atoms with Gasteiger partial charge >= 0.3 is 0 Å². The molecular weight excluding hydrogens is 340 g/mol. The minimum Gasteiger partial charge on any atom is -0.355 e. The highest BCUT2D eigenvalue weighted by molar-refractivity contribution is 9.10. The first kappa shape index (κ1) is 16.0. The van der Waals surface area contributed by atoms with Crippen LogP contribution in [-0.4, -0.2) is 37.5 Å². The highest BCUT2D eigenvalue weighted by atomic mass is 79.9. The van der Waals surface area contributed by atoms with Crippen LogP contribution in [0.4, 0.5) is 0 Å². The molecule has 0 atom stereocenters. The van der Waals surface area contributed by atoms with Gasteiger partial charge in [0.2, 0.25) is 5.91 Å². The summed E-state index contributed by atoms with van der Waals surface area (Å²) in [4.78, 5) is 15.0. The number of benzene rings is 1. The van der Waals surface area contributed by atoms with Crippen LogP contribution in [0.3, 0.4) is 0 Å². The van der Waals surface area contributed by atoms with Crippen LogP contribution < -0.4 is 5.32 Å². The first-order chi connectivity index (χ1) is 10.6. The van der Waals surface area contributed by atoms with Gasteiger partial charge < -0.3 is 10.2 Å². The molecule has 4 heteroatoms. The Balaban J connectivity index is 1.48. The molecule has 0 bridgehead atoms. The van der Waals surface area contributed by atoms with Gasteiger partial charge in [0.25, 0.3) is 0 Å². The van der Waals surface area contributed by atoms with Crippen LogP contribution in [0.5, 0.6) is 0 Å². The first-order valence-corrected chi connectivity index (χ1v) is 9.12. The molecule has 0 aromatic heterocycles. The number of nitrogens with one attached hydrogen (secondary N) is 1. The molecule has 120 valence electrons. The highest BCUT2D eigenvalue weighted by Gasteiger charge is 2.50. The van der Waals surface area contributed by atoms with Gasteiger partial charge in [0, 0.05) is 11.0 Å². The number of likely N-dealkylation sites (tertiary alicyclic amines) is 1. The summed E-state index contributed by atoms with van der Waals surface area (Å²) in [6.45, 7) is 3.22. The quantitative estimate of drug-likeness (QED) is 0.868. The van der Waals surface area contributed by atoms with Gasteiger partial charge in [0.05, 0.1) is 5.41 Å². The molecule has 1 aromatic carbocycles. The molecule has 2 aliphatic rings. The zero-order valence-corrected chi connectivity index (χ0v) is 14.9. The Bertz CT molecular complexity index is 516. The Labute approximate surface area is 141 Å². The van der Waals surface area contributed by atoms with E-state index in [2.05, 4.69) is 45.3 Å². The lowest BCUT2D eigenvalue weighted by molar-refractivity contribution is -0.123. The van der Waals surface area contributed by atoms with Crippen molar-refractivity contribution in [2.75, 3.05) is 26.7 Å². The Morgan fingerprint density at radius 2 is 1.91 bits per heavy atom. The summed E-state index contributed by atoms with van der Waals surface area (Å²) in [6.07, 6.45) is 5.62. The summed E-state index contributed by atoms with van der Waals surface area (Å²) >= 11 is 3.46. The molecular formula is C18H25BrN2O. The fraction of sp³-hybridized carbons (Fsp3) is 0.611. The van der Waals surface area contributed by atoms with E-state index in [0.29, 0.717) is 0 Å². The number of hydrogen-bond acceptors (Lipinski definition) is 2. The Morgan fingerprint density at radius 3 is 2.50 bits per heavy atom. The van der Waals surface area contributed by atoms with E-state index in [1.54, 1.807) is 0 Å². The number of carbonyl (C=O) groups is 1. The van der Waals surface area contributed by atoms with Crippen LogP contribution in [0.2, 0.25) is 0 Å². The van der Waals surface area contributed by atoms with Crippen LogP contribution in [0.1, 0.15) is 37.7 Å². The lowest BCUT2D eigenvalue weighted by Gasteiger charge is -2.29. The molecule has 1 aliphatic carbocycles. The minimum absolute atomic E-state index is 0.225. The van der Waals surface area contributed by atoms with Crippen molar-refractivity contribution in [3.8, 4) is 0 Å². The van der Waals surface area contributed by atoms with E-state index in [-0.39, 0.29) is 11.3 Å². The first-order valence-electron chi connectivity index (χ1n) is 8.33. The Hall–Kier alpha value is -0.870. The van der Waals surface area contributed by atoms with Crippen molar-refractivity contribution in [2.45, 2.75) is 37.5 Å². The van der Waals surface area contributed by atoms with E-state index >= 15 is 0 Å². The third-order valence-corrected chi connectivity index (χ3v) is 5.79. The zero-order valence-electron chi connectivity index (χ0n) is 13.3. The largest absolute Gasteiger partial charge is 0.355 e. The average molecular weight is 365 g/mol. The average Bonchev–Trinajstić information content (AvgIpc) is 3.32. The maximum absolute atomic E-state index is 12.6. The smallest absolute Gasteiger partial charge is 0.230 e. The summed E-state index contributed by atoms with van der Waals surface area (Å²) in [7, 11) is 2.19. The lowest BCUT2D eigenvalue weighted by Crippen LogP contribution is -2.37. The fourth-order valence-corrected chi connectivity index (χ4v) is 3.71. The van der Waals surface area contributed by atoms with Crippen LogP contribution in [0, 0.1) is 5.92 Å². The second kappa shape index (κ2) is 6.71. The summed E-state index contributed by atoms with van der Waals surface area (Å²) in [5, 5.41) is 3.19. The van der Waals surface area contributed by atoms with Crippen LogP contribution >= 0.6 is 15.9 Å². The van der Waals surface area contributed by atoms with Crippen molar-refractivity contribution < 1.29 is 4.79 Å². The zero-order chi connectivity index (χ0) is 15.6. The van der Waals surface area contributed by atoms with E-state index in [4.69, 9.17) is 0 Å². The molecule has 1 amide bonds. The van der Waals surface area contributed by atoms with Crippen molar-refractivity contribution in [1.82, 2.24) is 10.2 Å². The molecule has 2 fully saturated rings. The van der Waals surface area contributed by atoms with E-state index in [1.807, 2.05) is 12.1 Å². The molecule has 0 unspecified atom stereocenters. The van der Waals surface area contributed by atoms with Gasteiger partial charge in [-0.1, -0.05) is 28.1 Å². The second-order valence-corrected chi connectivity index (χ2v) is 7.80. The van der Waals surface area contributed by atoms with Crippen LogP contribution in [-0.2, 0) is 10.2 Å². The van der Waals surface area contributed by atoms with Gasteiger partial charge in [-0.25, -0.2) is 0 Å². The number of rotatable bonds is 5. The minimum atomic E-state index is -0.243. The van der Waals surface area contributed by atoms with Crippen molar-refractivity contribution in [2.24, 2.45) is 5.92 Å². The van der Waals surface area contributed by atoms with Gasteiger partial charge in [0.1, 0.15) is 0 Å². The van der Waals surface area contributed by atoms with Gasteiger partial charge in [-0.2, -0.15) is 0 Å². The van der Waals surface area contributed by atoms with Crippen LogP contribution in [0.25, 0.3) is 0 Å². The Kier molecular flexibility index (Phi) is 4.88. The molecule has 0 spiro atoms. The standard InChI is InChI=1S/C18H25BrN2O/c1-21-12-7-14(8-13-21)6-11-20-17(22)18(9-10-18)15-2-4-16(19)5-3-15/h2-5,14H,6-13H2,1H3,(H,20,22). The van der Waals surface area contributed by atoms with E-state index in [0.717, 1.165) is 41.8 Å². The van der Waals surface area contributed by atoms with E-state index < -0.39 is 0 Å². The van der Waals surface area contributed by atoms with E-state index in [1.165, 1.54) is 25.9 Å². The van der Waals surface area contributed by atoms with Crippen molar-refractivity contribution in [1.29, 1.82) is 0 Å². The highest BCUT2D eigenvalue weighted by Crippen LogP contribution is 2.48. The SMILES string of the molecule is CN1CCC(CCNC(=O)C2(c3ccc(Br)cc3)CC2)CC1. The fourth-order valence-electron chi connectivity index (χ4n) is 3.45. The predicted molar refractivity (Wildman–Crippen MR) is 92.9 cm³/mol. The van der Waals surface area contributed by atoms with Gasteiger partial charge in [-0.3, -0.25) is 4.79 Å². The predicted octanol–water partition coefficient (Wildman–Crippen LogP) is 3.33. The van der Waals surface area contributed by atoms with Gasteiger partial charge in [0.15, 0.2) is 0 Å².